The molecule has 0 aliphatic heterocycles. The monoisotopic (exact) mass is 290 g/mol. The highest BCUT2D eigenvalue weighted by molar-refractivity contribution is 6.30. The molecule has 0 amide bonds. The van der Waals surface area contributed by atoms with Crippen molar-refractivity contribution in [3.8, 4) is 0 Å². The van der Waals surface area contributed by atoms with Gasteiger partial charge in [-0.05, 0) is 17.7 Å². The lowest BCUT2D eigenvalue weighted by Crippen LogP contribution is -2.19. The molecule has 106 valence electrons. The van der Waals surface area contributed by atoms with Crippen LogP contribution in [0.25, 0.3) is 0 Å². The van der Waals surface area contributed by atoms with Gasteiger partial charge in [-0.15, -0.1) is 0 Å². The standard InChI is InChI=1S/C15H19ClN4/c1-4-13-18-14(17-2)9-15(19-13)20(3)10-11-5-7-12(16)8-6-11/h5-9H,4,10H2,1-3H3,(H,17,18,19). The fourth-order valence-electron chi connectivity index (χ4n) is 1.91. The molecule has 0 saturated carbocycles. The number of nitrogens with zero attached hydrogens (tertiary/aromatic N) is 3. The molecule has 0 radical (unpaired) electrons. The van der Waals surface area contributed by atoms with Gasteiger partial charge in [0.05, 0.1) is 0 Å². The van der Waals surface area contributed by atoms with Crippen molar-refractivity contribution in [2.24, 2.45) is 0 Å². The van der Waals surface area contributed by atoms with Crippen molar-refractivity contribution in [1.82, 2.24) is 9.97 Å². The average Bonchev–Trinajstić information content (AvgIpc) is 2.48. The Kier molecular flexibility index (Phi) is 4.79. The Labute approximate surface area is 124 Å². The van der Waals surface area contributed by atoms with Crippen LogP contribution < -0.4 is 10.2 Å². The quantitative estimate of drug-likeness (QED) is 0.917. The second-order valence-corrected chi connectivity index (χ2v) is 5.05. The minimum atomic E-state index is 0.754. The van der Waals surface area contributed by atoms with Gasteiger partial charge in [-0.25, -0.2) is 9.97 Å². The molecule has 0 aliphatic carbocycles. The molecular weight excluding hydrogens is 272 g/mol. The Bertz CT molecular complexity index is 546. The molecule has 0 atom stereocenters. The highest BCUT2D eigenvalue weighted by Gasteiger charge is 2.08. The minimum absolute atomic E-state index is 0.754. The fraction of sp³-hybridized carbons (Fsp3) is 0.333. The second-order valence-electron chi connectivity index (χ2n) is 4.61. The summed E-state index contributed by atoms with van der Waals surface area (Å²) in [5.41, 5.74) is 1.19. The number of anilines is 2. The van der Waals surface area contributed by atoms with Crippen LogP contribution in [-0.4, -0.2) is 24.1 Å². The predicted molar refractivity (Wildman–Crippen MR) is 84.5 cm³/mol. The van der Waals surface area contributed by atoms with E-state index in [4.69, 9.17) is 11.6 Å². The Morgan fingerprint density at radius 2 is 1.90 bits per heavy atom. The van der Waals surface area contributed by atoms with Crippen LogP contribution in [0.2, 0.25) is 5.02 Å². The van der Waals surface area contributed by atoms with Crippen molar-refractivity contribution in [2.45, 2.75) is 19.9 Å². The van der Waals surface area contributed by atoms with Gasteiger partial charge in [0.15, 0.2) is 0 Å². The summed E-state index contributed by atoms with van der Waals surface area (Å²) < 4.78 is 0. The first kappa shape index (κ1) is 14.6. The van der Waals surface area contributed by atoms with E-state index < -0.39 is 0 Å². The molecule has 0 unspecified atom stereocenters. The summed E-state index contributed by atoms with van der Waals surface area (Å²) in [5, 5.41) is 3.83. The van der Waals surface area contributed by atoms with Gasteiger partial charge in [-0.2, -0.15) is 0 Å². The van der Waals surface area contributed by atoms with Crippen molar-refractivity contribution >= 4 is 23.2 Å². The van der Waals surface area contributed by atoms with Gasteiger partial charge in [0.2, 0.25) is 0 Å². The first-order chi connectivity index (χ1) is 9.62. The van der Waals surface area contributed by atoms with Crippen LogP contribution in [0.3, 0.4) is 0 Å². The molecule has 1 N–H and O–H groups in total. The maximum absolute atomic E-state index is 5.90. The average molecular weight is 291 g/mol. The molecular formula is C15H19ClN4. The van der Waals surface area contributed by atoms with Crippen molar-refractivity contribution in [2.75, 3.05) is 24.3 Å². The molecule has 0 saturated heterocycles. The lowest BCUT2D eigenvalue weighted by molar-refractivity contribution is 0.860. The minimum Gasteiger partial charge on any atom is -0.373 e. The number of nitrogens with one attached hydrogen (secondary N) is 1. The summed E-state index contributed by atoms with van der Waals surface area (Å²) in [7, 11) is 3.89. The third kappa shape index (κ3) is 3.61. The Morgan fingerprint density at radius 1 is 1.20 bits per heavy atom. The van der Waals surface area contributed by atoms with Crippen LogP contribution in [0, 0.1) is 0 Å². The van der Waals surface area contributed by atoms with E-state index in [1.54, 1.807) is 0 Å². The predicted octanol–water partition coefficient (Wildman–Crippen LogP) is 3.37. The van der Waals surface area contributed by atoms with E-state index in [9.17, 15) is 0 Å². The second kappa shape index (κ2) is 6.57. The molecule has 0 aliphatic rings. The van der Waals surface area contributed by atoms with E-state index >= 15 is 0 Å². The van der Waals surface area contributed by atoms with Crippen molar-refractivity contribution in [3.05, 3.63) is 46.7 Å². The van der Waals surface area contributed by atoms with Crippen LogP contribution in [0.4, 0.5) is 11.6 Å². The number of halogens is 1. The zero-order valence-corrected chi connectivity index (χ0v) is 12.8. The maximum Gasteiger partial charge on any atom is 0.134 e. The third-order valence-corrected chi connectivity index (χ3v) is 3.31. The van der Waals surface area contributed by atoms with E-state index in [2.05, 4.69) is 27.1 Å². The van der Waals surface area contributed by atoms with Gasteiger partial charge in [0.1, 0.15) is 17.5 Å². The first-order valence-corrected chi connectivity index (χ1v) is 7.01. The molecule has 1 aromatic heterocycles. The van der Waals surface area contributed by atoms with E-state index in [0.717, 1.165) is 35.4 Å². The number of aromatic nitrogens is 2. The number of hydrogen-bond donors (Lipinski definition) is 1. The van der Waals surface area contributed by atoms with E-state index in [1.807, 2.05) is 44.4 Å². The smallest absolute Gasteiger partial charge is 0.134 e. The van der Waals surface area contributed by atoms with Crippen LogP contribution in [0.1, 0.15) is 18.3 Å². The SMILES string of the molecule is CCc1nc(NC)cc(N(C)Cc2ccc(Cl)cc2)n1. The maximum atomic E-state index is 5.90. The van der Waals surface area contributed by atoms with Crippen LogP contribution in [0.5, 0.6) is 0 Å². The summed E-state index contributed by atoms with van der Waals surface area (Å²) in [6.07, 6.45) is 0.817. The Hall–Kier alpha value is -1.81. The summed E-state index contributed by atoms with van der Waals surface area (Å²) in [6.45, 7) is 2.83. The Balaban J connectivity index is 2.19. The normalized spacial score (nSPS) is 10.4. The van der Waals surface area contributed by atoms with Crippen molar-refractivity contribution < 1.29 is 0 Å². The van der Waals surface area contributed by atoms with Gasteiger partial charge in [-0.3, -0.25) is 0 Å². The molecule has 4 nitrogen and oxygen atoms in total. The highest BCUT2D eigenvalue weighted by atomic mass is 35.5. The van der Waals surface area contributed by atoms with Crippen LogP contribution in [-0.2, 0) is 13.0 Å². The summed E-state index contributed by atoms with van der Waals surface area (Å²) in [6, 6.07) is 9.82. The summed E-state index contributed by atoms with van der Waals surface area (Å²) in [5.74, 6) is 2.60. The molecule has 0 fully saturated rings. The van der Waals surface area contributed by atoms with Crippen molar-refractivity contribution in [1.29, 1.82) is 0 Å². The molecule has 0 spiro atoms. The first-order valence-electron chi connectivity index (χ1n) is 6.63. The molecule has 1 heterocycles. The third-order valence-electron chi connectivity index (χ3n) is 3.06. The summed E-state index contributed by atoms with van der Waals surface area (Å²) >= 11 is 5.90. The zero-order chi connectivity index (χ0) is 14.5. The number of aryl methyl sites for hydroxylation is 1. The van der Waals surface area contributed by atoms with Gasteiger partial charge in [0.25, 0.3) is 0 Å². The number of hydrogen-bond acceptors (Lipinski definition) is 4. The Morgan fingerprint density at radius 3 is 2.50 bits per heavy atom. The molecule has 0 bridgehead atoms. The topological polar surface area (TPSA) is 41.1 Å². The lowest BCUT2D eigenvalue weighted by atomic mass is 10.2. The van der Waals surface area contributed by atoms with Gasteiger partial charge < -0.3 is 10.2 Å². The van der Waals surface area contributed by atoms with Gasteiger partial charge >= 0.3 is 0 Å². The summed E-state index contributed by atoms with van der Waals surface area (Å²) in [4.78, 5) is 11.1. The van der Waals surface area contributed by atoms with Gasteiger partial charge in [0, 0.05) is 38.1 Å². The molecule has 1 aromatic carbocycles. The highest BCUT2D eigenvalue weighted by Crippen LogP contribution is 2.18. The fourth-order valence-corrected chi connectivity index (χ4v) is 2.04. The molecule has 20 heavy (non-hydrogen) atoms. The molecule has 2 aromatic rings. The van der Waals surface area contributed by atoms with Crippen molar-refractivity contribution in [3.63, 3.8) is 0 Å². The lowest BCUT2D eigenvalue weighted by Gasteiger charge is -2.19. The van der Waals surface area contributed by atoms with E-state index in [1.165, 1.54) is 5.56 Å². The number of rotatable bonds is 5. The van der Waals surface area contributed by atoms with E-state index in [0.29, 0.717) is 0 Å². The van der Waals surface area contributed by atoms with Crippen LogP contribution >= 0.6 is 11.6 Å². The number of benzene rings is 1. The van der Waals surface area contributed by atoms with Gasteiger partial charge in [-0.1, -0.05) is 30.7 Å². The molecule has 2 rings (SSSR count). The van der Waals surface area contributed by atoms with E-state index in [-0.39, 0.29) is 0 Å². The molecule has 5 heteroatoms. The zero-order valence-electron chi connectivity index (χ0n) is 12.0. The largest absolute Gasteiger partial charge is 0.373 e. The van der Waals surface area contributed by atoms with Crippen LogP contribution in [0.15, 0.2) is 30.3 Å².